The van der Waals surface area contributed by atoms with E-state index in [9.17, 15) is 18.0 Å². The zero-order valence-electron chi connectivity index (χ0n) is 26.7. The van der Waals surface area contributed by atoms with Crippen LogP contribution in [0.25, 0.3) is 0 Å². The molecule has 1 unspecified atom stereocenters. The lowest BCUT2D eigenvalue weighted by atomic mass is 10.0. The normalized spacial score (nSPS) is 13.9. The molecule has 0 saturated heterocycles. The predicted octanol–water partition coefficient (Wildman–Crippen LogP) is 7.40. The van der Waals surface area contributed by atoms with Crippen LogP contribution in [-0.4, -0.2) is 50.4 Å². The van der Waals surface area contributed by atoms with E-state index < -0.39 is 28.5 Å². The SMILES string of the molecule is CCOc1ccc(N(CC(=O)N(Cc2ccccc2Cl)C(Cc2ccccc2)C(=O)NC2CCCC2)S(=O)(=O)c2ccc(Br)cc2)cc1. The van der Waals surface area contributed by atoms with Crippen LogP contribution >= 0.6 is 27.5 Å². The topological polar surface area (TPSA) is 96.0 Å². The third-order valence-electron chi connectivity index (χ3n) is 8.39. The molecule has 0 bridgehead atoms. The summed E-state index contributed by atoms with van der Waals surface area (Å²) < 4.78 is 35.9. The van der Waals surface area contributed by atoms with Crippen LogP contribution in [0.15, 0.2) is 112 Å². The van der Waals surface area contributed by atoms with Crippen molar-refractivity contribution in [2.45, 2.75) is 62.6 Å². The average molecular weight is 753 g/mol. The molecule has 4 aromatic rings. The predicted molar refractivity (Wildman–Crippen MR) is 193 cm³/mol. The van der Waals surface area contributed by atoms with Gasteiger partial charge in [-0.2, -0.15) is 0 Å². The van der Waals surface area contributed by atoms with E-state index in [0.717, 1.165) is 35.6 Å². The van der Waals surface area contributed by atoms with Gasteiger partial charge in [0.1, 0.15) is 18.3 Å². The number of carbonyl (C=O) groups is 2. The highest BCUT2D eigenvalue weighted by Crippen LogP contribution is 2.29. The first-order valence-electron chi connectivity index (χ1n) is 16.0. The Morgan fingerprint density at radius 3 is 2.21 bits per heavy atom. The van der Waals surface area contributed by atoms with E-state index in [1.165, 1.54) is 17.0 Å². The first-order chi connectivity index (χ1) is 23.2. The Balaban J connectivity index is 1.57. The van der Waals surface area contributed by atoms with Crippen molar-refractivity contribution in [1.29, 1.82) is 0 Å². The number of nitrogens with one attached hydrogen (secondary N) is 1. The van der Waals surface area contributed by atoms with E-state index in [2.05, 4.69) is 21.2 Å². The summed E-state index contributed by atoms with van der Waals surface area (Å²) in [6.45, 7) is 1.75. The number of amides is 2. The molecule has 0 radical (unpaired) electrons. The molecule has 1 aliphatic carbocycles. The van der Waals surface area contributed by atoms with E-state index >= 15 is 0 Å². The van der Waals surface area contributed by atoms with Gasteiger partial charge in [0.2, 0.25) is 11.8 Å². The molecule has 0 heterocycles. The molecule has 0 aromatic heterocycles. The van der Waals surface area contributed by atoms with E-state index in [0.29, 0.717) is 27.4 Å². The second-order valence-corrected chi connectivity index (χ2v) is 14.9. The largest absolute Gasteiger partial charge is 0.494 e. The van der Waals surface area contributed by atoms with Gasteiger partial charge in [0, 0.05) is 28.5 Å². The van der Waals surface area contributed by atoms with Crippen LogP contribution in [0.4, 0.5) is 5.69 Å². The second-order valence-electron chi connectivity index (χ2n) is 11.7. The Bertz CT molecular complexity index is 1780. The number of ether oxygens (including phenoxy) is 1. The number of anilines is 1. The first kappa shape index (κ1) is 35.4. The Morgan fingerprint density at radius 1 is 0.917 bits per heavy atom. The van der Waals surface area contributed by atoms with Gasteiger partial charge in [-0.1, -0.05) is 88.9 Å². The molecule has 8 nitrogen and oxygen atoms in total. The average Bonchev–Trinajstić information content (AvgIpc) is 3.60. The molecule has 1 saturated carbocycles. The van der Waals surface area contributed by atoms with Crippen LogP contribution < -0.4 is 14.4 Å². The van der Waals surface area contributed by atoms with Gasteiger partial charge in [0.15, 0.2) is 0 Å². The maximum atomic E-state index is 14.7. The lowest BCUT2D eigenvalue weighted by Gasteiger charge is -2.34. The third-order valence-corrected chi connectivity index (χ3v) is 11.1. The van der Waals surface area contributed by atoms with Crippen LogP contribution in [0.2, 0.25) is 5.02 Å². The van der Waals surface area contributed by atoms with Gasteiger partial charge in [-0.15, -0.1) is 0 Å². The number of hydrogen-bond donors (Lipinski definition) is 1. The summed E-state index contributed by atoms with van der Waals surface area (Å²) in [5.74, 6) is -0.262. The molecule has 252 valence electrons. The van der Waals surface area contributed by atoms with Crippen LogP contribution in [0.3, 0.4) is 0 Å². The van der Waals surface area contributed by atoms with Crippen LogP contribution in [0, 0.1) is 0 Å². The summed E-state index contributed by atoms with van der Waals surface area (Å²) in [5.41, 5.74) is 1.79. The number of hydrogen-bond acceptors (Lipinski definition) is 5. The van der Waals surface area contributed by atoms with Crippen LogP contribution in [0.1, 0.15) is 43.7 Å². The highest BCUT2D eigenvalue weighted by molar-refractivity contribution is 9.10. The van der Waals surface area contributed by atoms with E-state index in [-0.39, 0.29) is 35.5 Å². The lowest BCUT2D eigenvalue weighted by Crippen LogP contribution is -2.54. The summed E-state index contributed by atoms with van der Waals surface area (Å²) in [5, 5.41) is 3.62. The van der Waals surface area contributed by atoms with Gasteiger partial charge in [0.25, 0.3) is 10.0 Å². The fourth-order valence-electron chi connectivity index (χ4n) is 5.87. The van der Waals surface area contributed by atoms with Crippen molar-refractivity contribution >= 4 is 55.1 Å². The third kappa shape index (κ3) is 8.98. The molecule has 1 atom stereocenters. The van der Waals surface area contributed by atoms with E-state index in [4.69, 9.17) is 16.3 Å². The van der Waals surface area contributed by atoms with Crippen LogP contribution in [0.5, 0.6) is 5.75 Å². The zero-order valence-corrected chi connectivity index (χ0v) is 29.9. The van der Waals surface area contributed by atoms with Gasteiger partial charge in [-0.3, -0.25) is 13.9 Å². The quantitative estimate of drug-likeness (QED) is 0.145. The smallest absolute Gasteiger partial charge is 0.264 e. The van der Waals surface area contributed by atoms with Crippen LogP contribution in [-0.2, 0) is 32.6 Å². The molecule has 0 aliphatic heterocycles. The Labute approximate surface area is 296 Å². The number of carbonyl (C=O) groups excluding carboxylic acids is 2. The van der Waals surface area contributed by atoms with Crippen molar-refractivity contribution in [2.24, 2.45) is 0 Å². The van der Waals surface area contributed by atoms with Crippen molar-refractivity contribution in [3.8, 4) is 5.75 Å². The molecular formula is C37H39BrClN3O5S. The Morgan fingerprint density at radius 2 is 1.56 bits per heavy atom. The highest BCUT2D eigenvalue weighted by Gasteiger charge is 2.36. The fourth-order valence-corrected chi connectivity index (χ4v) is 7.74. The van der Waals surface area contributed by atoms with Crippen molar-refractivity contribution < 1.29 is 22.7 Å². The number of halogens is 2. The van der Waals surface area contributed by atoms with E-state index in [1.54, 1.807) is 54.6 Å². The summed E-state index contributed by atoms with van der Waals surface area (Å²) in [6, 6.07) is 28.5. The molecule has 48 heavy (non-hydrogen) atoms. The monoisotopic (exact) mass is 751 g/mol. The Hall–Kier alpha value is -3.86. The number of nitrogens with zero attached hydrogens (tertiary/aromatic N) is 2. The molecule has 0 spiro atoms. The zero-order chi connectivity index (χ0) is 34.1. The molecular weight excluding hydrogens is 714 g/mol. The minimum absolute atomic E-state index is 0.00351. The molecule has 2 amide bonds. The van der Waals surface area contributed by atoms with E-state index in [1.807, 2.05) is 43.3 Å². The molecule has 1 aliphatic rings. The Kier molecular flexibility index (Phi) is 12.2. The van der Waals surface area contributed by atoms with Gasteiger partial charge < -0.3 is 15.0 Å². The van der Waals surface area contributed by atoms with Crippen molar-refractivity contribution in [2.75, 3.05) is 17.5 Å². The minimum Gasteiger partial charge on any atom is -0.494 e. The number of sulfonamides is 1. The summed E-state index contributed by atoms with van der Waals surface area (Å²) in [7, 11) is -4.23. The fraction of sp³-hybridized carbons (Fsp3) is 0.297. The van der Waals surface area contributed by atoms with Crippen molar-refractivity contribution in [3.63, 3.8) is 0 Å². The molecule has 11 heteroatoms. The highest BCUT2D eigenvalue weighted by atomic mass is 79.9. The second kappa shape index (κ2) is 16.5. The maximum absolute atomic E-state index is 14.7. The summed E-state index contributed by atoms with van der Waals surface area (Å²) >= 11 is 9.97. The van der Waals surface area contributed by atoms with Crippen molar-refractivity contribution in [3.05, 3.63) is 124 Å². The maximum Gasteiger partial charge on any atom is 0.264 e. The molecule has 5 rings (SSSR count). The molecule has 1 N–H and O–H groups in total. The van der Waals surface area contributed by atoms with Crippen molar-refractivity contribution in [1.82, 2.24) is 10.2 Å². The minimum atomic E-state index is -4.23. The summed E-state index contributed by atoms with van der Waals surface area (Å²) in [4.78, 5) is 30.3. The van der Waals surface area contributed by atoms with Gasteiger partial charge in [-0.25, -0.2) is 8.42 Å². The van der Waals surface area contributed by atoms with Gasteiger partial charge in [0.05, 0.1) is 17.2 Å². The van der Waals surface area contributed by atoms with Gasteiger partial charge in [-0.05, 0) is 85.5 Å². The molecule has 1 fully saturated rings. The first-order valence-corrected chi connectivity index (χ1v) is 18.6. The lowest BCUT2D eigenvalue weighted by molar-refractivity contribution is -0.140. The summed E-state index contributed by atoms with van der Waals surface area (Å²) in [6.07, 6.45) is 4.04. The standard InChI is InChI=1S/C37H39BrClN3O5S/c1-2-47-32-20-18-31(19-21-32)42(48(45,46)33-22-16-29(38)17-23-33)26-36(43)41(25-28-12-6-9-15-34(28)39)35(24-27-10-4-3-5-11-27)37(44)40-30-13-7-8-14-30/h3-6,9-12,15-23,30,35H,2,7-8,13-14,24-26H2,1H3,(H,40,44). The number of benzene rings is 4. The molecule has 4 aromatic carbocycles. The van der Waals surface area contributed by atoms with Gasteiger partial charge >= 0.3 is 0 Å². The number of rotatable bonds is 14.